The number of nitrogens with zero attached hydrogens (tertiary/aromatic N) is 2. The Labute approximate surface area is 160 Å². The minimum Gasteiger partial charge on any atom is -0.380 e. The number of methoxy groups -OCH3 is 1. The van der Waals surface area contributed by atoms with E-state index in [1.165, 1.54) is 5.56 Å². The lowest BCUT2D eigenvalue weighted by atomic mass is 10.1. The summed E-state index contributed by atoms with van der Waals surface area (Å²) in [7, 11) is 1.67. The number of carbonyl (C=O) groups excluding carboxylic acids is 1. The third-order valence-corrected chi connectivity index (χ3v) is 4.96. The summed E-state index contributed by atoms with van der Waals surface area (Å²) in [6.07, 6.45) is 0.987. The zero-order chi connectivity index (χ0) is 18.4. The van der Waals surface area contributed by atoms with Gasteiger partial charge in [0, 0.05) is 50.4 Å². The summed E-state index contributed by atoms with van der Waals surface area (Å²) in [6.45, 7) is 4.90. The molecule has 3 rings (SSSR count). The first-order valence-electron chi connectivity index (χ1n) is 8.99. The molecule has 0 atom stereocenters. The van der Waals surface area contributed by atoms with Gasteiger partial charge < -0.3 is 9.64 Å². The molecule has 1 aliphatic rings. The lowest BCUT2D eigenvalue weighted by Crippen LogP contribution is -2.35. The molecule has 0 radical (unpaired) electrons. The van der Waals surface area contributed by atoms with Gasteiger partial charge in [0.15, 0.2) is 0 Å². The Morgan fingerprint density at radius 3 is 2.35 bits per heavy atom. The van der Waals surface area contributed by atoms with Crippen molar-refractivity contribution in [3.05, 3.63) is 70.2 Å². The minimum atomic E-state index is 0.113. The van der Waals surface area contributed by atoms with E-state index in [4.69, 9.17) is 16.3 Å². The summed E-state index contributed by atoms with van der Waals surface area (Å²) in [4.78, 5) is 17.2. The molecule has 0 aliphatic carbocycles. The Balaban J connectivity index is 1.57. The highest BCUT2D eigenvalue weighted by atomic mass is 35.5. The summed E-state index contributed by atoms with van der Waals surface area (Å²) in [6, 6.07) is 15.7. The van der Waals surface area contributed by atoms with E-state index in [2.05, 4.69) is 17.0 Å². The standard InChI is InChI=1S/C21H25ClN2O2/c1-26-16-18-3-7-19(8-4-18)21(25)24-12-2-11-23(13-14-24)15-17-5-9-20(22)10-6-17/h3-10H,2,11-16H2,1H3. The maximum absolute atomic E-state index is 12.8. The highest BCUT2D eigenvalue weighted by Gasteiger charge is 2.20. The molecule has 5 heteroatoms. The predicted octanol–water partition coefficient (Wildman–Crippen LogP) is 3.83. The van der Waals surface area contributed by atoms with E-state index >= 15 is 0 Å². The quantitative estimate of drug-likeness (QED) is 0.799. The van der Waals surface area contributed by atoms with E-state index in [1.54, 1.807) is 7.11 Å². The first-order chi connectivity index (χ1) is 12.7. The second-order valence-electron chi connectivity index (χ2n) is 6.68. The fourth-order valence-corrected chi connectivity index (χ4v) is 3.40. The van der Waals surface area contributed by atoms with Gasteiger partial charge in [0.05, 0.1) is 6.61 Å². The third-order valence-electron chi connectivity index (χ3n) is 4.71. The SMILES string of the molecule is COCc1ccc(C(=O)N2CCCN(Cc3ccc(Cl)cc3)CC2)cc1. The Kier molecular flexibility index (Phi) is 6.67. The predicted molar refractivity (Wildman–Crippen MR) is 104 cm³/mol. The molecule has 0 spiro atoms. The van der Waals surface area contributed by atoms with Crippen LogP contribution in [0, 0.1) is 0 Å². The summed E-state index contributed by atoms with van der Waals surface area (Å²) in [5, 5.41) is 0.762. The number of ether oxygens (including phenoxy) is 1. The van der Waals surface area contributed by atoms with E-state index < -0.39 is 0 Å². The lowest BCUT2D eigenvalue weighted by Gasteiger charge is -2.22. The lowest BCUT2D eigenvalue weighted by molar-refractivity contribution is 0.0761. The van der Waals surface area contributed by atoms with Crippen molar-refractivity contribution in [2.45, 2.75) is 19.6 Å². The molecule has 1 heterocycles. The van der Waals surface area contributed by atoms with Crippen LogP contribution in [0.4, 0.5) is 0 Å². The molecular weight excluding hydrogens is 348 g/mol. The molecule has 0 bridgehead atoms. The Bertz CT molecular complexity index is 716. The Morgan fingerprint density at radius 1 is 0.962 bits per heavy atom. The first-order valence-corrected chi connectivity index (χ1v) is 9.37. The average molecular weight is 373 g/mol. The molecule has 138 valence electrons. The summed E-state index contributed by atoms with van der Waals surface area (Å²) >= 11 is 5.96. The molecule has 1 amide bonds. The third kappa shape index (κ3) is 5.07. The minimum absolute atomic E-state index is 0.113. The first kappa shape index (κ1) is 18.9. The van der Waals surface area contributed by atoms with E-state index in [0.717, 1.165) is 55.3 Å². The number of amides is 1. The molecule has 2 aromatic rings. The van der Waals surface area contributed by atoms with Crippen LogP contribution in [0.2, 0.25) is 5.02 Å². The van der Waals surface area contributed by atoms with Crippen molar-refractivity contribution >= 4 is 17.5 Å². The van der Waals surface area contributed by atoms with Crippen LogP contribution in [0.3, 0.4) is 0 Å². The van der Waals surface area contributed by atoms with Gasteiger partial charge in [-0.2, -0.15) is 0 Å². The van der Waals surface area contributed by atoms with Crippen molar-refractivity contribution in [2.24, 2.45) is 0 Å². The van der Waals surface area contributed by atoms with Crippen LogP contribution in [0.15, 0.2) is 48.5 Å². The maximum Gasteiger partial charge on any atom is 0.253 e. The van der Waals surface area contributed by atoms with Crippen LogP contribution in [0.1, 0.15) is 27.9 Å². The fourth-order valence-electron chi connectivity index (χ4n) is 3.27. The van der Waals surface area contributed by atoms with Crippen LogP contribution in [0.5, 0.6) is 0 Å². The molecule has 4 nitrogen and oxygen atoms in total. The molecule has 2 aromatic carbocycles. The molecule has 1 aliphatic heterocycles. The molecule has 0 N–H and O–H groups in total. The highest BCUT2D eigenvalue weighted by molar-refractivity contribution is 6.30. The Hall–Kier alpha value is -1.88. The molecular formula is C21H25ClN2O2. The van der Waals surface area contributed by atoms with Crippen molar-refractivity contribution in [3.8, 4) is 0 Å². The van der Waals surface area contributed by atoms with Gasteiger partial charge in [0.25, 0.3) is 5.91 Å². The average Bonchev–Trinajstić information content (AvgIpc) is 2.90. The number of carbonyl (C=O) groups is 1. The summed E-state index contributed by atoms with van der Waals surface area (Å²) in [5.41, 5.74) is 3.08. The number of hydrogen-bond acceptors (Lipinski definition) is 3. The van der Waals surface area contributed by atoms with Gasteiger partial charge in [0.2, 0.25) is 0 Å². The molecule has 26 heavy (non-hydrogen) atoms. The smallest absolute Gasteiger partial charge is 0.253 e. The van der Waals surface area contributed by atoms with Gasteiger partial charge in [-0.15, -0.1) is 0 Å². The monoisotopic (exact) mass is 372 g/mol. The van der Waals surface area contributed by atoms with Crippen LogP contribution in [0.25, 0.3) is 0 Å². The molecule has 0 unspecified atom stereocenters. The second-order valence-corrected chi connectivity index (χ2v) is 7.11. The van der Waals surface area contributed by atoms with Gasteiger partial charge in [-0.25, -0.2) is 0 Å². The van der Waals surface area contributed by atoms with Crippen LogP contribution >= 0.6 is 11.6 Å². The number of rotatable bonds is 5. The van der Waals surface area contributed by atoms with E-state index in [-0.39, 0.29) is 5.91 Å². The van der Waals surface area contributed by atoms with E-state index in [0.29, 0.717) is 6.61 Å². The molecule has 1 saturated heterocycles. The topological polar surface area (TPSA) is 32.8 Å². The van der Waals surface area contributed by atoms with Gasteiger partial charge >= 0.3 is 0 Å². The van der Waals surface area contributed by atoms with Crippen LogP contribution in [-0.2, 0) is 17.9 Å². The van der Waals surface area contributed by atoms with Crippen LogP contribution < -0.4 is 0 Å². The number of benzene rings is 2. The van der Waals surface area contributed by atoms with Gasteiger partial charge in [-0.05, 0) is 41.8 Å². The number of hydrogen-bond donors (Lipinski definition) is 0. The largest absolute Gasteiger partial charge is 0.380 e. The highest BCUT2D eigenvalue weighted by Crippen LogP contribution is 2.15. The van der Waals surface area contributed by atoms with E-state index in [1.807, 2.05) is 41.3 Å². The second kappa shape index (κ2) is 9.17. The zero-order valence-electron chi connectivity index (χ0n) is 15.2. The zero-order valence-corrected chi connectivity index (χ0v) is 15.9. The van der Waals surface area contributed by atoms with Crippen molar-refractivity contribution in [1.82, 2.24) is 9.80 Å². The molecule has 0 saturated carbocycles. The van der Waals surface area contributed by atoms with Crippen molar-refractivity contribution < 1.29 is 9.53 Å². The molecule has 0 aromatic heterocycles. The van der Waals surface area contributed by atoms with Crippen LogP contribution in [-0.4, -0.2) is 49.0 Å². The number of halogens is 1. The van der Waals surface area contributed by atoms with Crippen molar-refractivity contribution in [2.75, 3.05) is 33.3 Å². The van der Waals surface area contributed by atoms with Gasteiger partial charge in [0.1, 0.15) is 0 Å². The van der Waals surface area contributed by atoms with Crippen molar-refractivity contribution in [3.63, 3.8) is 0 Å². The normalized spacial score (nSPS) is 15.7. The maximum atomic E-state index is 12.8. The van der Waals surface area contributed by atoms with Gasteiger partial charge in [-0.1, -0.05) is 35.9 Å². The summed E-state index contributed by atoms with van der Waals surface area (Å²) < 4.78 is 5.12. The fraction of sp³-hybridized carbons (Fsp3) is 0.381. The Morgan fingerprint density at radius 2 is 1.65 bits per heavy atom. The summed E-state index contributed by atoms with van der Waals surface area (Å²) in [5.74, 6) is 0.113. The van der Waals surface area contributed by atoms with Crippen molar-refractivity contribution in [1.29, 1.82) is 0 Å². The van der Waals surface area contributed by atoms with E-state index in [9.17, 15) is 4.79 Å². The van der Waals surface area contributed by atoms with Gasteiger partial charge in [-0.3, -0.25) is 9.69 Å². The molecule has 1 fully saturated rings.